The third-order valence-electron chi connectivity index (χ3n) is 6.23. The maximum Gasteiger partial charge on any atom is 0.0782 e. The summed E-state index contributed by atoms with van der Waals surface area (Å²) in [6.07, 6.45) is 29.0. The van der Waals surface area contributed by atoms with Gasteiger partial charge in [0.1, 0.15) is 0 Å². The lowest BCUT2D eigenvalue weighted by Gasteiger charge is -2.30. The summed E-state index contributed by atoms with van der Waals surface area (Å²) >= 11 is 3.70. The van der Waals surface area contributed by atoms with Crippen LogP contribution in [0.15, 0.2) is 0 Å². The molecule has 3 heteroatoms. The van der Waals surface area contributed by atoms with Crippen LogP contribution in [0.5, 0.6) is 0 Å². The molecule has 0 fully saturated rings. The van der Waals surface area contributed by atoms with Crippen molar-refractivity contribution in [2.45, 2.75) is 142 Å². The first-order valence-electron chi connectivity index (χ1n) is 13.4. The fraction of sp³-hybridized carbons (Fsp3) is 0.963. The summed E-state index contributed by atoms with van der Waals surface area (Å²) in [5.74, 6) is 0. The lowest BCUT2D eigenvalue weighted by Crippen LogP contribution is -2.41. The van der Waals surface area contributed by atoms with Gasteiger partial charge in [-0.25, -0.2) is 0 Å². The molecule has 30 heavy (non-hydrogen) atoms. The minimum atomic E-state index is 1.24. The zero-order chi connectivity index (χ0) is 22.8. The van der Waals surface area contributed by atoms with Crippen molar-refractivity contribution in [3.05, 3.63) is 5.41 Å². The van der Waals surface area contributed by atoms with Crippen LogP contribution in [-0.4, -0.2) is 36.8 Å². The zero-order valence-corrected chi connectivity index (χ0v) is 22.2. The van der Waals surface area contributed by atoms with E-state index in [0.29, 0.717) is 0 Å². The molecule has 0 aromatic carbocycles. The number of quaternary nitrogens is 1. The van der Waals surface area contributed by atoms with Crippen LogP contribution in [0, 0.1) is 0 Å². The van der Waals surface area contributed by atoms with Gasteiger partial charge in [-0.05, 0) is 25.7 Å². The average Bonchev–Trinajstić information content (AvgIpc) is 2.71. The summed E-state index contributed by atoms with van der Waals surface area (Å²) in [5, 5.41) is 8.47. The molecular formula is C27H56N2S. The van der Waals surface area contributed by atoms with Crippen molar-refractivity contribution < 1.29 is 4.48 Å². The summed E-state index contributed by atoms with van der Waals surface area (Å²) < 4.78 is 1.24. The van der Waals surface area contributed by atoms with Crippen molar-refractivity contribution >= 4 is 17.4 Å². The number of rotatable bonds is 22. The Morgan fingerprint density at radius 3 is 0.933 bits per heavy atom. The Morgan fingerprint density at radius 1 is 0.500 bits per heavy atom. The van der Waals surface area contributed by atoms with Crippen LogP contribution in [0.3, 0.4) is 0 Å². The first-order chi connectivity index (χ1) is 14.5. The number of hydrogen-bond acceptors (Lipinski definition) is 1. The smallest absolute Gasteiger partial charge is 0.0782 e. The highest BCUT2D eigenvalue weighted by atomic mass is 32.1. The number of unbranched alkanes of at least 4 members (excludes halogenated alkanes) is 18. The molecule has 0 amide bonds. The molecule has 180 valence electrons. The normalized spacial score (nSPS) is 11.1. The van der Waals surface area contributed by atoms with Crippen LogP contribution >= 0.6 is 12.2 Å². The van der Waals surface area contributed by atoms with Crippen LogP contribution in [0.4, 0.5) is 0 Å². The second kappa shape index (κ2) is 26.8. The maximum absolute atomic E-state index is 7.13. The van der Waals surface area contributed by atoms with Crippen molar-refractivity contribution in [3.63, 3.8) is 0 Å². The van der Waals surface area contributed by atoms with Crippen LogP contribution in [0.25, 0.3) is 5.41 Å². The van der Waals surface area contributed by atoms with Gasteiger partial charge < -0.3 is 9.89 Å². The molecule has 0 saturated carbocycles. The van der Waals surface area contributed by atoms with E-state index in [0.717, 1.165) is 0 Å². The molecule has 0 atom stereocenters. The standard InChI is InChI=1S/C26H56N.CNS/c1-5-7-9-11-13-15-17-19-21-23-25-27(3,4)26-24-22-20-18-16-14-12-10-8-6-2;2-1-3/h5-26H2,1-4H3;/q+1;-1. The van der Waals surface area contributed by atoms with Gasteiger partial charge in [0.25, 0.3) is 0 Å². The highest BCUT2D eigenvalue weighted by Gasteiger charge is 2.13. The van der Waals surface area contributed by atoms with Crippen molar-refractivity contribution in [1.82, 2.24) is 0 Å². The molecule has 0 bridgehead atoms. The molecule has 0 heterocycles. The number of thiocarbonyl (C=S) groups is 1. The summed E-state index contributed by atoms with van der Waals surface area (Å²) in [7, 11) is 4.89. The van der Waals surface area contributed by atoms with Crippen molar-refractivity contribution in [2.75, 3.05) is 27.2 Å². The van der Waals surface area contributed by atoms with Gasteiger partial charge in [0.05, 0.1) is 27.2 Å². The second-order valence-corrected chi connectivity index (χ2v) is 10.0. The van der Waals surface area contributed by atoms with Crippen LogP contribution in [0.1, 0.15) is 142 Å². The molecule has 0 saturated heterocycles. The molecule has 0 aliphatic heterocycles. The fourth-order valence-electron chi connectivity index (χ4n) is 4.17. The Balaban J connectivity index is 0. The molecule has 0 aromatic heterocycles. The van der Waals surface area contributed by atoms with E-state index in [1.54, 1.807) is 0 Å². The summed E-state index contributed by atoms with van der Waals surface area (Å²) in [6.45, 7) is 7.37. The Bertz CT molecular complexity index is 323. The third-order valence-corrected chi connectivity index (χ3v) is 6.23. The van der Waals surface area contributed by atoms with Crippen LogP contribution < -0.4 is 0 Å². The number of hydrogen-bond donors (Lipinski definition) is 0. The minimum absolute atomic E-state index is 1.24. The number of isothiocyanates is 1. The second-order valence-electron chi connectivity index (χ2n) is 9.84. The van der Waals surface area contributed by atoms with Gasteiger partial charge in [-0.15, -0.1) is 0 Å². The fourth-order valence-corrected chi connectivity index (χ4v) is 4.17. The lowest BCUT2D eigenvalue weighted by molar-refractivity contribution is -0.890. The van der Waals surface area contributed by atoms with Gasteiger partial charge in [0, 0.05) is 0 Å². The third kappa shape index (κ3) is 30.0. The topological polar surface area (TPSA) is 22.3 Å². The van der Waals surface area contributed by atoms with E-state index in [9.17, 15) is 0 Å². The molecule has 0 radical (unpaired) electrons. The van der Waals surface area contributed by atoms with Gasteiger partial charge in [0.15, 0.2) is 0 Å². The average molecular weight is 441 g/mol. The molecule has 0 spiro atoms. The van der Waals surface area contributed by atoms with E-state index >= 15 is 0 Å². The van der Waals surface area contributed by atoms with Crippen molar-refractivity contribution in [1.29, 1.82) is 0 Å². The van der Waals surface area contributed by atoms with E-state index in [2.05, 4.69) is 40.2 Å². The molecule has 0 unspecified atom stereocenters. The van der Waals surface area contributed by atoms with E-state index in [1.807, 2.05) is 0 Å². The van der Waals surface area contributed by atoms with Crippen LogP contribution in [-0.2, 0) is 0 Å². The van der Waals surface area contributed by atoms with Gasteiger partial charge in [-0.1, -0.05) is 129 Å². The summed E-state index contributed by atoms with van der Waals surface area (Å²) in [5.41, 5.74) is 0. The summed E-state index contributed by atoms with van der Waals surface area (Å²) in [6, 6.07) is 0. The van der Waals surface area contributed by atoms with Gasteiger partial charge in [-0.3, -0.25) is 0 Å². The minimum Gasteiger partial charge on any atom is -0.753 e. The highest BCUT2D eigenvalue weighted by Crippen LogP contribution is 2.14. The predicted octanol–water partition coefficient (Wildman–Crippen LogP) is 9.56. The van der Waals surface area contributed by atoms with E-state index in [-0.39, 0.29) is 0 Å². The molecule has 0 aliphatic carbocycles. The van der Waals surface area contributed by atoms with E-state index < -0.39 is 0 Å². The molecule has 0 aromatic rings. The molecular weight excluding hydrogens is 384 g/mol. The van der Waals surface area contributed by atoms with E-state index in [1.165, 1.54) is 151 Å². The predicted molar refractivity (Wildman–Crippen MR) is 141 cm³/mol. The van der Waals surface area contributed by atoms with Crippen LogP contribution in [0.2, 0.25) is 0 Å². The Labute approximate surface area is 196 Å². The maximum atomic E-state index is 7.13. The molecule has 0 rings (SSSR count). The largest absolute Gasteiger partial charge is 0.753 e. The molecule has 0 aliphatic rings. The Morgan fingerprint density at radius 2 is 0.700 bits per heavy atom. The molecule has 2 nitrogen and oxygen atoms in total. The van der Waals surface area contributed by atoms with Gasteiger partial charge in [0.2, 0.25) is 0 Å². The first kappa shape index (κ1) is 31.9. The first-order valence-corrected chi connectivity index (χ1v) is 13.8. The van der Waals surface area contributed by atoms with Crippen molar-refractivity contribution in [2.24, 2.45) is 0 Å². The highest BCUT2D eigenvalue weighted by molar-refractivity contribution is 7.78. The lowest BCUT2D eigenvalue weighted by atomic mass is 10.1. The SMILES string of the molecule is CCCCCCCCCCCC[N+](C)(C)CCCCCCCCCCCC.[N-]=C=S. The zero-order valence-electron chi connectivity index (χ0n) is 21.4. The quantitative estimate of drug-likeness (QED) is 0.0710. The Kier molecular flexibility index (Phi) is 28.5. The summed E-state index contributed by atoms with van der Waals surface area (Å²) in [4.78, 5) is 0. The Hall–Kier alpha value is -0.240. The monoisotopic (exact) mass is 440 g/mol. The van der Waals surface area contributed by atoms with Gasteiger partial charge in [-0.2, -0.15) is 5.16 Å². The number of nitrogens with zero attached hydrogens (tertiary/aromatic N) is 2. The molecule has 0 N–H and O–H groups in total. The van der Waals surface area contributed by atoms with Gasteiger partial charge >= 0.3 is 0 Å². The van der Waals surface area contributed by atoms with E-state index in [4.69, 9.17) is 5.41 Å². The van der Waals surface area contributed by atoms with Crippen molar-refractivity contribution in [3.8, 4) is 0 Å².